The lowest BCUT2D eigenvalue weighted by molar-refractivity contribution is -0.119. The van der Waals surface area contributed by atoms with Gasteiger partial charge in [-0.15, -0.1) is 0 Å². The molecule has 0 aliphatic heterocycles. The number of nitrogens with zero attached hydrogens (tertiary/aromatic N) is 2. The van der Waals surface area contributed by atoms with E-state index in [1.807, 2.05) is 13.8 Å². The molecule has 1 aliphatic carbocycles. The Morgan fingerprint density at radius 3 is 2.88 bits per heavy atom. The lowest BCUT2D eigenvalue weighted by Crippen LogP contribution is -2.09. The van der Waals surface area contributed by atoms with Crippen LogP contribution in [-0.4, -0.2) is 22.4 Å². The standard InChI is InChI=1S/C12H16N2O2/c1-3-16-12-8(2)10(13-7-14-12)6-11(15)9-4-5-9/h7,9H,3-6H2,1-2H3. The third kappa shape index (κ3) is 2.38. The van der Waals surface area contributed by atoms with Crippen molar-refractivity contribution >= 4 is 5.78 Å². The van der Waals surface area contributed by atoms with Gasteiger partial charge in [0.1, 0.15) is 12.1 Å². The summed E-state index contributed by atoms with van der Waals surface area (Å²) in [6.07, 6.45) is 3.97. The molecule has 0 N–H and O–H groups in total. The van der Waals surface area contributed by atoms with Crippen LogP contribution in [0.15, 0.2) is 6.33 Å². The third-order valence-corrected chi connectivity index (χ3v) is 2.80. The SMILES string of the molecule is CCOc1ncnc(CC(=O)C2CC2)c1C. The molecule has 1 aromatic rings. The Kier molecular flexibility index (Phi) is 3.17. The molecule has 1 aromatic heterocycles. The highest BCUT2D eigenvalue weighted by atomic mass is 16.5. The quantitative estimate of drug-likeness (QED) is 0.758. The summed E-state index contributed by atoms with van der Waals surface area (Å²) >= 11 is 0. The molecule has 1 saturated carbocycles. The van der Waals surface area contributed by atoms with Crippen LogP contribution in [0.4, 0.5) is 0 Å². The molecule has 4 nitrogen and oxygen atoms in total. The number of carbonyl (C=O) groups excluding carboxylic acids is 1. The van der Waals surface area contributed by atoms with Gasteiger partial charge < -0.3 is 4.74 Å². The van der Waals surface area contributed by atoms with Gasteiger partial charge in [-0.25, -0.2) is 9.97 Å². The minimum atomic E-state index is 0.282. The first-order chi connectivity index (χ1) is 7.72. The topological polar surface area (TPSA) is 52.1 Å². The monoisotopic (exact) mass is 220 g/mol. The van der Waals surface area contributed by atoms with Gasteiger partial charge in [-0.05, 0) is 26.7 Å². The molecular formula is C12H16N2O2. The Labute approximate surface area is 95.1 Å². The van der Waals surface area contributed by atoms with Gasteiger partial charge >= 0.3 is 0 Å². The van der Waals surface area contributed by atoms with Crippen molar-refractivity contribution in [1.82, 2.24) is 9.97 Å². The first-order valence-corrected chi connectivity index (χ1v) is 5.68. The van der Waals surface area contributed by atoms with Gasteiger partial charge in [0.25, 0.3) is 0 Å². The Bertz CT molecular complexity index is 400. The van der Waals surface area contributed by atoms with Crippen molar-refractivity contribution in [2.45, 2.75) is 33.1 Å². The maximum atomic E-state index is 11.7. The zero-order valence-electron chi connectivity index (χ0n) is 9.69. The summed E-state index contributed by atoms with van der Waals surface area (Å²) in [4.78, 5) is 19.9. The molecule has 16 heavy (non-hydrogen) atoms. The lowest BCUT2D eigenvalue weighted by atomic mass is 10.1. The highest BCUT2D eigenvalue weighted by Crippen LogP contribution is 2.31. The second-order valence-electron chi connectivity index (χ2n) is 4.10. The largest absolute Gasteiger partial charge is 0.478 e. The third-order valence-electron chi connectivity index (χ3n) is 2.80. The second-order valence-corrected chi connectivity index (χ2v) is 4.10. The molecule has 0 saturated heterocycles. The number of carbonyl (C=O) groups is 1. The molecule has 2 rings (SSSR count). The van der Waals surface area contributed by atoms with Crippen LogP contribution in [0.25, 0.3) is 0 Å². The molecule has 1 fully saturated rings. The van der Waals surface area contributed by atoms with Crippen molar-refractivity contribution in [2.75, 3.05) is 6.61 Å². The van der Waals surface area contributed by atoms with E-state index in [0.29, 0.717) is 24.7 Å². The predicted molar refractivity (Wildman–Crippen MR) is 59.4 cm³/mol. The van der Waals surface area contributed by atoms with Crippen molar-refractivity contribution in [1.29, 1.82) is 0 Å². The fourth-order valence-electron chi connectivity index (χ4n) is 1.64. The highest BCUT2D eigenvalue weighted by Gasteiger charge is 2.30. The summed E-state index contributed by atoms with van der Waals surface area (Å²) in [5, 5.41) is 0. The summed E-state index contributed by atoms with van der Waals surface area (Å²) < 4.78 is 5.37. The van der Waals surface area contributed by atoms with Crippen LogP contribution in [0.1, 0.15) is 31.0 Å². The van der Waals surface area contributed by atoms with E-state index in [1.165, 1.54) is 6.33 Å². The fraction of sp³-hybridized carbons (Fsp3) is 0.583. The minimum absolute atomic E-state index is 0.282. The Morgan fingerprint density at radius 1 is 1.50 bits per heavy atom. The van der Waals surface area contributed by atoms with Gasteiger partial charge in [0, 0.05) is 17.9 Å². The number of rotatable bonds is 5. The molecular weight excluding hydrogens is 204 g/mol. The summed E-state index contributed by atoms with van der Waals surface area (Å²) in [7, 11) is 0. The van der Waals surface area contributed by atoms with Gasteiger partial charge in [-0.2, -0.15) is 0 Å². The molecule has 1 aliphatic rings. The van der Waals surface area contributed by atoms with Crippen molar-refractivity contribution in [3.05, 3.63) is 17.6 Å². The van der Waals surface area contributed by atoms with E-state index in [9.17, 15) is 4.79 Å². The van der Waals surface area contributed by atoms with E-state index in [2.05, 4.69) is 9.97 Å². The summed E-state index contributed by atoms with van der Waals surface area (Å²) in [6, 6.07) is 0. The summed E-state index contributed by atoms with van der Waals surface area (Å²) in [5.74, 6) is 1.17. The Morgan fingerprint density at radius 2 is 2.25 bits per heavy atom. The van der Waals surface area contributed by atoms with Gasteiger partial charge in [0.2, 0.25) is 5.88 Å². The average Bonchev–Trinajstić information content (AvgIpc) is 3.07. The average molecular weight is 220 g/mol. The zero-order chi connectivity index (χ0) is 11.5. The van der Waals surface area contributed by atoms with Gasteiger partial charge in [-0.1, -0.05) is 0 Å². The van der Waals surface area contributed by atoms with Crippen LogP contribution in [0.3, 0.4) is 0 Å². The Hall–Kier alpha value is -1.45. The molecule has 0 aromatic carbocycles. The first kappa shape index (κ1) is 11.0. The van der Waals surface area contributed by atoms with Crippen LogP contribution in [0.5, 0.6) is 5.88 Å². The maximum absolute atomic E-state index is 11.7. The molecule has 0 spiro atoms. The number of Topliss-reactive ketones (excluding diaryl/α,β-unsaturated/α-hetero) is 1. The molecule has 0 atom stereocenters. The number of hydrogen-bond donors (Lipinski definition) is 0. The van der Waals surface area contributed by atoms with Crippen LogP contribution in [0, 0.1) is 12.8 Å². The molecule has 0 bridgehead atoms. The molecule has 0 radical (unpaired) electrons. The summed E-state index contributed by atoms with van der Waals surface area (Å²) in [5.41, 5.74) is 1.69. The van der Waals surface area contributed by atoms with Crippen LogP contribution in [-0.2, 0) is 11.2 Å². The second kappa shape index (κ2) is 4.60. The van der Waals surface area contributed by atoms with E-state index in [0.717, 1.165) is 24.1 Å². The molecule has 4 heteroatoms. The van der Waals surface area contributed by atoms with Crippen molar-refractivity contribution in [3.8, 4) is 5.88 Å². The smallest absolute Gasteiger partial charge is 0.219 e. The highest BCUT2D eigenvalue weighted by molar-refractivity contribution is 5.85. The van der Waals surface area contributed by atoms with Crippen LogP contribution >= 0.6 is 0 Å². The summed E-state index contributed by atoms with van der Waals surface area (Å²) in [6.45, 7) is 4.39. The number of hydrogen-bond acceptors (Lipinski definition) is 4. The van der Waals surface area contributed by atoms with E-state index >= 15 is 0 Å². The van der Waals surface area contributed by atoms with E-state index in [1.54, 1.807) is 0 Å². The normalized spacial score (nSPS) is 14.9. The predicted octanol–water partition coefficient (Wildman–Crippen LogP) is 1.71. The number of aromatic nitrogens is 2. The van der Waals surface area contributed by atoms with Gasteiger partial charge in [0.15, 0.2) is 0 Å². The number of ketones is 1. The first-order valence-electron chi connectivity index (χ1n) is 5.68. The van der Waals surface area contributed by atoms with Crippen LogP contribution < -0.4 is 4.74 Å². The fourth-order valence-corrected chi connectivity index (χ4v) is 1.64. The van der Waals surface area contributed by atoms with Crippen molar-refractivity contribution in [3.63, 3.8) is 0 Å². The van der Waals surface area contributed by atoms with E-state index in [4.69, 9.17) is 4.74 Å². The molecule has 86 valence electrons. The zero-order valence-corrected chi connectivity index (χ0v) is 9.69. The van der Waals surface area contributed by atoms with E-state index < -0.39 is 0 Å². The maximum Gasteiger partial charge on any atom is 0.219 e. The lowest BCUT2D eigenvalue weighted by Gasteiger charge is -2.08. The van der Waals surface area contributed by atoms with E-state index in [-0.39, 0.29) is 5.92 Å². The Balaban J connectivity index is 2.13. The molecule has 0 unspecified atom stereocenters. The van der Waals surface area contributed by atoms with Crippen LogP contribution in [0.2, 0.25) is 0 Å². The van der Waals surface area contributed by atoms with Crippen molar-refractivity contribution in [2.24, 2.45) is 5.92 Å². The molecule has 1 heterocycles. The van der Waals surface area contributed by atoms with Gasteiger partial charge in [0.05, 0.1) is 12.3 Å². The van der Waals surface area contributed by atoms with Gasteiger partial charge in [-0.3, -0.25) is 4.79 Å². The minimum Gasteiger partial charge on any atom is -0.478 e. The number of ether oxygens (including phenoxy) is 1. The van der Waals surface area contributed by atoms with Crippen molar-refractivity contribution < 1.29 is 9.53 Å². The molecule has 0 amide bonds.